The van der Waals surface area contributed by atoms with E-state index in [4.69, 9.17) is 4.42 Å². The Bertz CT molecular complexity index is 1230. The van der Waals surface area contributed by atoms with Gasteiger partial charge in [0.15, 0.2) is 5.58 Å². The molecular formula is C24H27N3O4S2. The Morgan fingerprint density at radius 3 is 2.36 bits per heavy atom. The van der Waals surface area contributed by atoms with E-state index in [0.717, 1.165) is 50.8 Å². The molecule has 1 amide bonds. The van der Waals surface area contributed by atoms with Crippen LogP contribution in [0.1, 0.15) is 42.9 Å². The van der Waals surface area contributed by atoms with Crippen LogP contribution in [0.5, 0.6) is 0 Å². The molecule has 2 fully saturated rings. The molecule has 0 radical (unpaired) electrons. The van der Waals surface area contributed by atoms with Crippen molar-refractivity contribution >= 4 is 38.8 Å². The number of carbonyl (C=O) groups excluding carboxylic acids is 1. The second kappa shape index (κ2) is 9.48. The van der Waals surface area contributed by atoms with Crippen LogP contribution in [0.3, 0.4) is 0 Å². The van der Waals surface area contributed by atoms with Crippen LogP contribution >= 0.6 is 11.8 Å². The smallest absolute Gasteiger partial charge is 0.257 e. The van der Waals surface area contributed by atoms with Gasteiger partial charge in [0.05, 0.1) is 4.90 Å². The molecule has 0 N–H and O–H groups in total. The molecule has 5 rings (SSSR count). The van der Waals surface area contributed by atoms with Crippen molar-refractivity contribution < 1.29 is 17.6 Å². The highest BCUT2D eigenvalue weighted by Crippen LogP contribution is 2.38. The van der Waals surface area contributed by atoms with Crippen molar-refractivity contribution in [1.82, 2.24) is 14.2 Å². The standard InChI is InChI=1S/C24H27N3O4S2/c28-23(26-13-7-8-14-26)22(18-9-3-1-4-10-18)32-24-25-20-17-19(11-12-21(20)31-24)33(29,30)27-15-5-2-6-16-27/h1,3-4,9-12,17,22H,2,5-8,13-16H2. The number of thioether (sulfide) groups is 1. The Hall–Kier alpha value is -2.36. The number of likely N-dealkylation sites (tertiary alicyclic amines) is 1. The van der Waals surface area contributed by atoms with E-state index in [-0.39, 0.29) is 10.8 Å². The number of piperidine rings is 1. The average Bonchev–Trinajstić information content (AvgIpc) is 3.53. The molecule has 0 aliphatic carbocycles. The number of oxazole rings is 1. The van der Waals surface area contributed by atoms with Crippen LogP contribution in [0.2, 0.25) is 0 Å². The van der Waals surface area contributed by atoms with Gasteiger partial charge < -0.3 is 9.32 Å². The predicted octanol–water partition coefficient (Wildman–Crippen LogP) is 4.46. The number of amides is 1. The minimum absolute atomic E-state index is 0.0549. The number of sulfonamides is 1. The highest BCUT2D eigenvalue weighted by molar-refractivity contribution is 8.00. The van der Waals surface area contributed by atoms with Crippen molar-refractivity contribution in [3.63, 3.8) is 0 Å². The van der Waals surface area contributed by atoms with E-state index in [1.54, 1.807) is 22.5 Å². The maximum absolute atomic E-state index is 13.3. The zero-order valence-electron chi connectivity index (χ0n) is 18.4. The summed E-state index contributed by atoms with van der Waals surface area (Å²) < 4.78 is 33.6. The Labute approximate surface area is 198 Å². The van der Waals surface area contributed by atoms with Crippen molar-refractivity contribution in [3.8, 4) is 0 Å². The molecule has 174 valence electrons. The van der Waals surface area contributed by atoms with Crippen molar-refractivity contribution in [1.29, 1.82) is 0 Å². The number of carbonyl (C=O) groups is 1. The van der Waals surface area contributed by atoms with Gasteiger partial charge in [-0.2, -0.15) is 4.31 Å². The van der Waals surface area contributed by atoms with Gasteiger partial charge in [-0.1, -0.05) is 36.8 Å². The van der Waals surface area contributed by atoms with Gasteiger partial charge in [0.2, 0.25) is 15.9 Å². The minimum atomic E-state index is -3.55. The van der Waals surface area contributed by atoms with E-state index < -0.39 is 15.3 Å². The second-order valence-electron chi connectivity index (χ2n) is 8.52. The van der Waals surface area contributed by atoms with Crippen molar-refractivity contribution in [2.45, 2.75) is 47.5 Å². The topological polar surface area (TPSA) is 83.7 Å². The van der Waals surface area contributed by atoms with E-state index >= 15 is 0 Å². The summed E-state index contributed by atoms with van der Waals surface area (Å²) in [6.07, 6.45) is 4.88. The monoisotopic (exact) mass is 485 g/mol. The fourth-order valence-electron chi connectivity index (χ4n) is 4.44. The van der Waals surface area contributed by atoms with Crippen LogP contribution < -0.4 is 0 Å². The molecule has 9 heteroatoms. The van der Waals surface area contributed by atoms with Gasteiger partial charge in [0.1, 0.15) is 10.8 Å². The summed E-state index contributed by atoms with van der Waals surface area (Å²) in [5, 5.41) is -0.104. The molecule has 0 saturated carbocycles. The van der Waals surface area contributed by atoms with Crippen molar-refractivity contribution in [2.75, 3.05) is 26.2 Å². The summed E-state index contributed by atoms with van der Waals surface area (Å²) in [6.45, 7) is 2.65. The first-order valence-corrected chi connectivity index (χ1v) is 13.8. The fraction of sp³-hybridized carbons (Fsp3) is 0.417. The summed E-state index contributed by atoms with van der Waals surface area (Å²) in [5.74, 6) is 0.0549. The SMILES string of the molecule is O=C(C(Sc1nc2cc(S(=O)(=O)N3CCCCC3)ccc2o1)c1ccccc1)N1CCCC1. The van der Waals surface area contributed by atoms with Crippen LogP contribution in [-0.2, 0) is 14.8 Å². The summed E-state index contributed by atoms with van der Waals surface area (Å²) in [6, 6.07) is 14.5. The lowest BCUT2D eigenvalue weighted by atomic mass is 10.1. The maximum atomic E-state index is 13.3. The number of hydrogen-bond acceptors (Lipinski definition) is 6. The number of fused-ring (bicyclic) bond motifs is 1. The number of hydrogen-bond donors (Lipinski definition) is 0. The number of rotatable bonds is 6. The highest BCUT2D eigenvalue weighted by Gasteiger charge is 2.31. The van der Waals surface area contributed by atoms with E-state index in [9.17, 15) is 13.2 Å². The third-order valence-corrected chi connectivity index (χ3v) is 9.24. The molecule has 33 heavy (non-hydrogen) atoms. The van der Waals surface area contributed by atoms with Crippen LogP contribution in [0.25, 0.3) is 11.1 Å². The molecule has 2 saturated heterocycles. The average molecular weight is 486 g/mol. The van der Waals surface area contributed by atoms with Gasteiger partial charge in [0.25, 0.3) is 5.22 Å². The molecule has 1 unspecified atom stereocenters. The van der Waals surface area contributed by atoms with Crippen molar-refractivity contribution in [3.05, 3.63) is 54.1 Å². The lowest BCUT2D eigenvalue weighted by Crippen LogP contribution is -2.35. The molecule has 2 aliphatic rings. The number of aromatic nitrogens is 1. The van der Waals surface area contributed by atoms with Crippen LogP contribution in [0, 0.1) is 0 Å². The molecule has 2 aromatic carbocycles. The quantitative estimate of drug-likeness (QED) is 0.480. The van der Waals surface area contributed by atoms with E-state index in [1.807, 2.05) is 35.2 Å². The lowest BCUT2D eigenvalue weighted by Gasteiger charge is -2.25. The van der Waals surface area contributed by atoms with Crippen LogP contribution in [0.4, 0.5) is 0 Å². The molecule has 3 heterocycles. The Kier molecular flexibility index (Phi) is 6.44. The molecule has 1 aromatic heterocycles. The molecule has 0 spiro atoms. The Morgan fingerprint density at radius 1 is 0.939 bits per heavy atom. The third kappa shape index (κ3) is 4.67. The van der Waals surface area contributed by atoms with Gasteiger partial charge in [-0.3, -0.25) is 4.79 Å². The predicted molar refractivity (Wildman–Crippen MR) is 127 cm³/mol. The van der Waals surface area contributed by atoms with E-state index in [0.29, 0.717) is 29.4 Å². The van der Waals surface area contributed by atoms with Gasteiger partial charge in [-0.05, 0) is 61.2 Å². The van der Waals surface area contributed by atoms with Crippen LogP contribution in [-0.4, -0.2) is 54.7 Å². The fourth-order valence-corrected chi connectivity index (χ4v) is 7.02. The lowest BCUT2D eigenvalue weighted by molar-refractivity contribution is -0.129. The first-order valence-electron chi connectivity index (χ1n) is 11.4. The minimum Gasteiger partial charge on any atom is -0.431 e. The summed E-state index contributed by atoms with van der Waals surface area (Å²) in [5.41, 5.74) is 1.89. The Balaban J connectivity index is 1.43. The first-order chi connectivity index (χ1) is 16.0. The molecule has 0 bridgehead atoms. The summed E-state index contributed by atoms with van der Waals surface area (Å²) in [7, 11) is -3.55. The van der Waals surface area contributed by atoms with E-state index in [1.165, 1.54) is 11.8 Å². The Morgan fingerprint density at radius 2 is 1.64 bits per heavy atom. The largest absolute Gasteiger partial charge is 0.431 e. The molecule has 3 aromatic rings. The maximum Gasteiger partial charge on any atom is 0.257 e. The van der Waals surface area contributed by atoms with Gasteiger partial charge in [-0.25, -0.2) is 13.4 Å². The third-order valence-electron chi connectivity index (χ3n) is 6.26. The zero-order valence-corrected chi connectivity index (χ0v) is 20.0. The number of benzene rings is 2. The molecular weight excluding hydrogens is 458 g/mol. The van der Waals surface area contributed by atoms with E-state index in [2.05, 4.69) is 4.98 Å². The molecule has 1 atom stereocenters. The number of nitrogens with zero attached hydrogens (tertiary/aromatic N) is 3. The van der Waals surface area contributed by atoms with Gasteiger partial charge in [0, 0.05) is 26.2 Å². The summed E-state index contributed by atoms with van der Waals surface area (Å²) >= 11 is 1.28. The zero-order chi connectivity index (χ0) is 22.8. The highest BCUT2D eigenvalue weighted by atomic mass is 32.2. The molecule has 2 aliphatic heterocycles. The first kappa shape index (κ1) is 22.4. The normalized spacial score (nSPS) is 18.6. The van der Waals surface area contributed by atoms with Crippen LogP contribution in [0.15, 0.2) is 63.1 Å². The molecule has 7 nitrogen and oxygen atoms in total. The second-order valence-corrected chi connectivity index (χ2v) is 11.5. The summed E-state index contributed by atoms with van der Waals surface area (Å²) in [4.78, 5) is 20.0. The van der Waals surface area contributed by atoms with Gasteiger partial charge >= 0.3 is 0 Å². The van der Waals surface area contributed by atoms with Crippen molar-refractivity contribution in [2.24, 2.45) is 0 Å². The van der Waals surface area contributed by atoms with Gasteiger partial charge in [-0.15, -0.1) is 0 Å².